The molecule has 0 amide bonds. The van der Waals surface area contributed by atoms with Gasteiger partial charge in [-0.1, -0.05) is 21.6 Å². The third-order valence-corrected chi connectivity index (χ3v) is 11.0. The standard InChI is InChI=1S/C13H22N5O11P3S2/c1-33-34-6-26-8-2-10(18-5-17-11-12(14)15-4-16-13(11)18)28-9(8)3-27-32(24,25)29-31(22,23)7-30(19,20)21/h4-5,8-10H,2-3,6-7H2,1H3,(H,22,23)(H,24,25)(H2,14,15,16)(H2,19,20,21)/t8-,9+,10+/m0/s1. The molecule has 192 valence electrons. The van der Waals surface area contributed by atoms with Gasteiger partial charge in [0, 0.05) is 6.42 Å². The molecular weight excluding hydrogens is 559 g/mol. The predicted octanol–water partition coefficient (Wildman–Crippen LogP) is 1.50. The molecule has 0 spiro atoms. The molecule has 3 heterocycles. The first-order valence-electron chi connectivity index (χ1n) is 9.21. The summed E-state index contributed by atoms with van der Waals surface area (Å²) in [7, 11) is -12.5. The van der Waals surface area contributed by atoms with Crippen molar-refractivity contribution in [1.29, 1.82) is 0 Å². The highest BCUT2D eigenvalue weighted by atomic mass is 33.1. The zero-order valence-corrected chi connectivity index (χ0v) is 21.7. The molecule has 1 aliphatic rings. The van der Waals surface area contributed by atoms with Crippen molar-refractivity contribution in [3.63, 3.8) is 0 Å². The normalized spacial score (nSPS) is 24.8. The first-order valence-corrected chi connectivity index (χ1v) is 17.0. The third kappa shape index (κ3) is 7.71. The van der Waals surface area contributed by atoms with E-state index in [1.165, 1.54) is 34.2 Å². The lowest BCUT2D eigenvalue weighted by molar-refractivity contribution is -0.0520. The smallest absolute Gasteiger partial charge is 0.382 e. The fourth-order valence-corrected chi connectivity index (χ4v) is 8.18. The zero-order chi connectivity index (χ0) is 25.1. The van der Waals surface area contributed by atoms with Crippen molar-refractivity contribution in [2.24, 2.45) is 0 Å². The van der Waals surface area contributed by atoms with Gasteiger partial charge in [0.05, 0.1) is 19.0 Å². The Bertz CT molecular complexity index is 1150. The molecule has 1 aliphatic heterocycles. The molecule has 3 rings (SSSR count). The summed E-state index contributed by atoms with van der Waals surface area (Å²) in [4.78, 5) is 49.1. The highest BCUT2D eigenvalue weighted by Crippen LogP contribution is 2.65. The van der Waals surface area contributed by atoms with Crippen LogP contribution >= 0.6 is 44.6 Å². The minimum Gasteiger partial charge on any atom is -0.382 e. The van der Waals surface area contributed by atoms with Crippen LogP contribution in [-0.2, 0) is 32.0 Å². The van der Waals surface area contributed by atoms with E-state index >= 15 is 0 Å². The van der Waals surface area contributed by atoms with Gasteiger partial charge < -0.3 is 34.8 Å². The van der Waals surface area contributed by atoms with Crippen LogP contribution in [0.5, 0.6) is 0 Å². The predicted molar refractivity (Wildman–Crippen MR) is 123 cm³/mol. The van der Waals surface area contributed by atoms with Crippen molar-refractivity contribution < 1.29 is 51.6 Å². The number of ether oxygens (including phenoxy) is 2. The number of nitrogens with zero attached hydrogens (tertiary/aromatic N) is 4. The first kappa shape index (κ1) is 28.0. The van der Waals surface area contributed by atoms with Gasteiger partial charge >= 0.3 is 23.0 Å². The van der Waals surface area contributed by atoms with Crippen molar-refractivity contribution in [3.05, 3.63) is 12.7 Å². The van der Waals surface area contributed by atoms with Gasteiger partial charge in [0.25, 0.3) is 0 Å². The van der Waals surface area contributed by atoms with Gasteiger partial charge in [0.2, 0.25) is 0 Å². The molecule has 34 heavy (non-hydrogen) atoms. The summed E-state index contributed by atoms with van der Waals surface area (Å²) >= 11 is 0. The summed E-state index contributed by atoms with van der Waals surface area (Å²) in [6.07, 6.45) is 2.61. The number of hydrogen-bond donors (Lipinski definition) is 5. The van der Waals surface area contributed by atoms with Gasteiger partial charge in [0.15, 0.2) is 17.4 Å². The van der Waals surface area contributed by atoms with Crippen LogP contribution in [0.3, 0.4) is 0 Å². The molecule has 1 saturated heterocycles. The van der Waals surface area contributed by atoms with Crippen LogP contribution in [0.1, 0.15) is 12.6 Å². The Balaban J connectivity index is 1.71. The molecule has 21 heteroatoms. The second kappa shape index (κ2) is 11.2. The van der Waals surface area contributed by atoms with Crippen LogP contribution in [0.4, 0.5) is 5.82 Å². The van der Waals surface area contributed by atoms with E-state index in [9.17, 15) is 23.5 Å². The van der Waals surface area contributed by atoms with Crippen molar-refractivity contribution >= 4 is 61.6 Å². The number of nitrogens with two attached hydrogens (primary N) is 1. The number of fused-ring (bicyclic) bond motifs is 1. The van der Waals surface area contributed by atoms with Crippen molar-refractivity contribution in [1.82, 2.24) is 19.5 Å². The van der Waals surface area contributed by atoms with E-state index in [0.29, 0.717) is 11.2 Å². The summed E-state index contributed by atoms with van der Waals surface area (Å²) in [6, 6.07) is 0. The number of anilines is 1. The Labute approximate surface area is 200 Å². The maximum Gasteiger partial charge on any atom is 0.479 e. The Morgan fingerprint density at radius 3 is 2.65 bits per heavy atom. The average molecular weight is 581 g/mol. The molecule has 0 aromatic carbocycles. The van der Waals surface area contributed by atoms with Gasteiger partial charge in [-0.15, -0.1) is 0 Å². The van der Waals surface area contributed by atoms with E-state index in [2.05, 4.69) is 19.3 Å². The number of aromatic nitrogens is 4. The van der Waals surface area contributed by atoms with Crippen molar-refractivity contribution in [2.45, 2.75) is 24.9 Å². The van der Waals surface area contributed by atoms with Crippen LogP contribution in [0, 0.1) is 0 Å². The molecule has 6 N–H and O–H groups in total. The molecule has 0 radical (unpaired) electrons. The van der Waals surface area contributed by atoms with E-state index in [0.717, 1.165) is 0 Å². The number of rotatable bonds is 12. The molecule has 16 nitrogen and oxygen atoms in total. The Hall–Kier alpha value is -0.580. The van der Waals surface area contributed by atoms with Crippen molar-refractivity contribution in [2.75, 3.05) is 30.4 Å². The topological polar surface area (TPSA) is 239 Å². The van der Waals surface area contributed by atoms with E-state index < -0.39 is 54.0 Å². The summed E-state index contributed by atoms with van der Waals surface area (Å²) in [6.45, 7) is -0.599. The van der Waals surface area contributed by atoms with Gasteiger partial charge in [-0.25, -0.2) is 23.8 Å². The fourth-order valence-electron chi connectivity index (χ4n) is 3.05. The number of imidazole rings is 1. The number of hydrogen-bond acceptors (Lipinski definition) is 13. The van der Waals surface area contributed by atoms with Crippen molar-refractivity contribution in [3.8, 4) is 0 Å². The maximum atomic E-state index is 12.1. The fraction of sp³-hybridized carbons (Fsp3) is 0.615. The number of phosphoric acid groups is 1. The molecule has 2 unspecified atom stereocenters. The molecule has 0 aliphatic carbocycles. The lowest BCUT2D eigenvalue weighted by atomic mass is 10.2. The Morgan fingerprint density at radius 2 is 1.97 bits per heavy atom. The SMILES string of the molecule is CSSCO[C@H]1C[C@H](n2cnc3c(N)ncnc32)O[C@@H]1COP(=O)(O)OP(=O)(O)CP(=O)(O)O. The van der Waals surface area contributed by atoms with E-state index in [-0.39, 0.29) is 18.2 Å². The maximum absolute atomic E-state index is 12.1. The molecule has 2 aromatic heterocycles. The van der Waals surface area contributed by atoms with Crippen LogP contribution in [0.15, 0.2) is 12.7 Å². The van der Waals surface area contributed by atoms with E-state index in [4.69, 9.17) is 29.5 Å². The monoisotopic (exact) mass is 581 g/mol. The van der Waals surface area contributed by atoms with Gasteiger partial charge in [0.1, 0.15) is 30.1 Å². The number of phosphoric ester groups is 1. The second-order valence-corrected chi connectivity index (χ2v) is 14.9. The molecule has 1 fully saturated rings. The molecule has 5 atom stereocenters. The Morgan fingerprint density at radius 1 is 1.24 bits per heavy atom. The second-order valence-electron chi connectivity index (χ2n) is 6.84. The third-order valence-electron chi connectivity index (χ3n) is 4.32. The van der Waals surface area contributed by atoms with Gasteiger partial charge in [-0.05, 0) is 6.26 Å². The van der Waals surface area contributed by atoms with Crippen LogP contribution in [0.2, 0.25) is 0 Å². The number of nitrogen functional groups attached to an aromatic ring is 1. The largest absolute Gasteiger partial charge is 0.479 e. The summed E-state index contributed by atoms with van der Waals surface area (Å²) < 4.78 is 57.0. The van der Waals surface area contributed by atoms with Crippen LogP contribution < -0.4 is 5.73 Å². The highest BCUT2D eigenvalue weighted by molar-refractivity contribution is 8.76. The van der Waals surface area contributed by atoms with Gasteiger partial charge in [-0.3, -0.25) is 18.2 Å². The summed E-state index contributed by atoms with van der Waals surface area (Å²) in [5.74, 6) is -1.21. The molecular formula is C13H22N5O11P3S2. The lowest BCUT2D eigenvalue weighted by Gasteiger charge is -2.21. The quantitative estimate of drug-likeness (QED) is 0.103. The van der Waals surface area contributed by atoms with E-state index in [1.54, 1.807) is 4.57 Å². The van der Waals surface area contributed by atoms with Gasteiger partial charge in [-0.2, -0.15) is 0 Å². The first-order chi connectivity index (χ1) is 15.8. The van der Waals surface area contributed by atoms with E-state index in [1.807, 2.05) is 6.26 Å². The minimum absolute atomic E-state index is 0.174. The lowest BCUT2D eigenvalue weighted by Crippen LogP contribution is -2.28. The summed E-state index contributed by atoms with van der Waals surface area (Å²) in [5, 5.41) is 0. The minimum atomic E-state index is -5.19. The highest BCUT2D eigenvalue weighted by Gasteiger charge is 2.42. The Kier molecular flexibility index (Phi) is 9.24. The summed E-state index contributed by atoms with van der Waals surface area (Å²) in [5.41, 5.74) is 6.56. The molecule has 2 aromatic rings. The van der Waals surface area contributed by atoms with Crippen LogP contribution in [-0.4, -0.2) is 76.0 Å². The van der Waals surface area contributed by atoms with Crippen LogP contribution in [0.25, 0.3) is 11.2 Å². The zero-order valence-electron chi connectivity index (χ0n) is 17.4. The average Bonchev–Trinajstić information content (AvgIpc) is 3.28. The molecule has 0 bridgehead atoms. The molecule has 0 saturated carbocycles.